The standard InChI is InChI=1S/C22H31N5O2/c1-5-25(19-9-6-8-16(2)14-19)12-7-11-23-22(29)18(4)27-20-15-17(3)24-26(20)13-10-21(27)28/h6,8-9,14-15,18H,5,7,10-13H2,1-4H3,(H,23,29). The van der Waals surface area contributed by atoms with Crippen molar-refractivity contribution in [2.24, 2.45) is 0 Å². The molecule has 2 aromatic rings. The molecule has 0 saturated heterocycles. The number of anilines is 2. The first kappa shape index (κ1) is 20.9. The summed E-state index contributed by atoms with van der Waals surface area (Å²) < 4.78 is 1.81. The predicted molar refractivity (Wildman–Crippen MR) is 115 cm³/mol. The van der Waals surface area contributed by atoms with Crippen molar-refractivity contribution in [2.45, 2.75) is 53.1 Å². The Kier molecular flexibility index (Phi) is 6.56. The highest BCUT2D eigenvalue weighted by atomic mass is 16.2. The van der Waals surface area contributed by atoms with Crippen LogP contribution in [0.1, 0.15) is 37.9 Å². The predicted octanol–water partition coefficient (Wildman–Crippen LogP) is 2.66. The zero-order chi connectivity index (χ0) is 21.0. The molecule has 1 unspecified atom stereocenters. The molecule has 0 aliphatic carbocycles. The van der Waals surface area contributed by atoms with Gasteiger partial charge in [-0.15, -0.1) is 0 Å². The summed E-state index contributed by atoms with van der Waals surface area (Å²) in [4.78, 5) is 29.0. The molecule has 0 radical (unpaired) electrons. The molecule has 0 spiro atoms. The number of aryl methyl sites for hydroxylation is 3. The molecule has 1 atom stereocenters. The van der Waals surface area contributed by atoms with Gasteiger partial charge in [-0.3, -0.25) is 14.5 Å². The van der Waals surface area contributed by atoms with Crippen LogP contribution in [0.5, 0.6) is 0 Å². The quantitative estimate of drug-likeness (QED) is 0.695. The van der Waals surface area contributed by atoms with Crippen LogP contribution >= 0.6 is 0 Å². The molecule has 0 fully saturated rings. The van der Waals surface area contributed by atoms with Crippen LogP contribution in [0, 0.1) is 13.8 Å². The minimum absolute atomic E-state index is 0.0309. The van der Waals surface area contributed by atoms with Crippen LogP contribution in [-0.4, -0.2) is 47.3 Å². The van der Waals surface area contributed by atoms with Crippen molar-refractivity contribution in [3.8, 4) is 0 Å². The Balaban J connectivity index is 1.53. The molecule has 1 aliphatic rings. The van der Waals surface area contributed by atoms with Crippen LogP contribution in [-0.2, 0) is 16.1 Å². The maximum atomic E-state index is 12.7. The van der Waals surface area contributed by atoms with Gasteiger partial charge in [0.25, 0.3) is 0 Å². The van der Waals surface area contributed by atoms with E-state index in [1.54, 1.807) is 11.8 Å². The number of hydrogen-bond donors (Lipinski definition) is 1. The lowest BCUT2D eigenvalue weighted by Crippen LogP contribution is -2.51. The molecule has 2 amide bonds. The van der Waals surface area contributed by atoms with Crippen molar-refractivity contribution in [1.82, 2.24) is 15.1 Å². The molecule has 1 N–H and O–H groups in total. The van der Waals surface area contributed by atoms with Crippen LogP contribution in [0.25, 0.3) is 0 Å². The van der Waals surface area contributed by atoms with E-state index in [0.29, 0.717) is 25.3 Å². The highest BCUT2D eigenvalue weighted by Gasteiger charge is 2.32. The molecule has 1 aliphatic heterocycles. The molecule has 29 heavy (non-hydrogen) atoms. The minimum atomic E-state index is -0.559. The van der Waals surface area contributed by atoms with E-state index in [0.717, 1.165) is 25.2 Å². The second-order valence-electron chi connectivity index (χ2n) is 7.62. The van der Waals surface area contributed by atoms with Crippen molar-refractivity contribution in [3.63, 3.8) is 0 Å². The number of carbonyl (C=O) groups excluding carboxylic acids is 2. The third kappa shape index (κ3) is 4.78. The lowest BCUT2D eigenvalue weighted by atomic mass is 10.2. The third-order valence-corrected chi connectivity index (χ3v) is 5.35. The van der Waals surface area contributed by atoms with Gasteiger partial charge in [-0.2, -0.15) is 5.10 Å². The summed E-state index contributed by atoms with van der Waals surface area (Å²) >= 11 is 0. The topological polar surface area (TPSA) is 70.5 Å². The number of fused-ring (bicyclic) bond motifs is 1. The maximum Gasteiger partial charge on any atom is 0.242 e. The Morgan fingerprint density at radius 2 is 2.10 bits per heavy atom. The number of carbonyl (C=O) groups is 2. The Morgan fingerprint density at radius 1 is 1.31 bits per heavy atom. The summed E-state index contributed by atoms with van der Waals surface area (Å²) in [7, 11) is 0. The van der Waals surface area contributed by atoms with Gasteiger partial charge in [0.05, 0.1) is 12.2 Å². The van der Waals surface area contributed by atoms with E-state index in [9.17, 15) is 9.59 Å². The van der Waals surface area contributed by atoms with Crippen LogP contribution in [0.4, 0.5) is 11.5 Å². The fourth-order valence-corrected chi connectivity index (χ4v) is 3.80. The third-order valence-electron chi connectivity index (χ3n) is 5.35. The number of nitrogens with one attached hydrogen (secondary N) is 1. The fourth-order valence-electron chi connectivity index (χ4n) is 3.80. The van der Waals surface area contributed by atoms with Crippen molar-refractivity contribution < 1.29 is 9.59 Å². The normalized spacial score (nSPS) is 14.5. The molecule has 7 heteroatoms. The first-order valence-electron chi connectivity index (χ1n) is 10.4. The van der Waals surface area contributed by atoms with Crippen LogP contribution in [0.2, 0.25) is 0 Å². The highest BCUT2D eigenvalue weighted by molar-refractivity contribution is 6.00. The Bertz CT molecular complexity index is 876. The second-order valence-corrected chi connectivity index (χ2v) is 7.62. The highest BCUT2D eigenvalue weighted by Crippen LogP contribution is 2.24. The largest absolute Gasteiger partial charge is 0.372 e. The molecule has 3 rings (SSSR count). The van der Waals surface area contributed by atoms with E-state index >= 15 is 0 Å². The van der Waals surface area contributed by atoms with Crippen molar-refractivity contribution in [3.05, 3.63) is 41.6 Å². The number of benzene rings is 1. The van der Waals surface area contributed by atoms with E-state index in [2.05, 4.69) is 53.4 Å². The van der Waals surface area contributed by atoms with Crippen LogP contribution < -0.4 is 15.1 Å². The van der Waals surface area contributed by atoms with Gasteiger partial charge in [0.15, 0.2) is 0 Å². The van der Waals surface area contributed by atoms with E-state index in [4.69, 9.17) is 0 Å². The molecule has 1 aromatic heterocycles. The SMILES string of the molecule is CCN(CCCNC(=O)C(C)N1C(=O)CCn2nc(C)cc21)c1cccc(C)c1. The fraction of sp³-hybridized carbons (Fsp3) is 0.500. The summed E-state index contributed by atoms with van der Waals surface area (Å²) in [6.07, 6.45) is 1.21. The summed E-state index contributed by atoms with van der Waals surface area (Å²) in [5, 5.41) is 7.39. The van der Waals surface area contributed by atoms with E-state index in [1.165, 1.54) is 11.3 Å². The summed E-state index contributed by atoms with van der Waals surface area (Å²) in [5.74, 6) is 0.541. The Hall–Kier alpha value is -2.83. The summed E-state index contributed by atoms with van der Waals surface area (Å²) in [6.45, 7) is 10.8. The van der Waals surface area contributed by atoms with Crippen LogP contribution in [0.15, 0.2) is 30.3 Å². The van der Waals surface area contributed by atoms with Crippen molar-refractivity contribution in [2.75, 3.05) is 29.4 Å². The average molecular weight is 398 g/mol. The second kappa shape index (κ2) is 9.11. The molecule has 2 heterocycles. The van der Waals surface area contributed by atoms with Gasteiger partial charge in [-0.25, -0.2) is 4.68 Å². The number of hydrogen-bond acceptors (Lipinski definition) is 4. The average Bonchev–Trinajstić information content (AvgIpc) is 3.07. The van der Waals surface area contributed by atoms with Crippen molar-refractivity contribution >= 4 is 23.3 Å². The Morgan fingerprint density at radius 3 is 2.83 bits per heavy atom. The van der Waals surface area contributed by atoms with Gasteiger partial charge in [0, 0.05) is 37.8 Å². The van der Waals surface area contributed by atoms with Gasteiger partial charge in [0.2, 0.25) is 11.8 Å². The number of amides is 2. The first-order valence-corrected chi connectivity index (χ1v) is 10.4. The molecule has 1 aromatic carbocycles. The molecular weight excluding hydrogens is 366 g/mol. The Labute approximate surface area is 172 Å². The summed E-state index contributed by atoms with van der Waals surface area (Å²) in [5.41, 5.74) is 3.29. The van der Waals surface area contributed by atoms with Gasteiger partial charge in [-0.05, 0) is 51.8 Å². The van der Waals surface area contributed by atoms with Crippen molar-refractivity contribution in [1.29, 1.82) is 0 Å². The van der Waals surface area contributed by atoms with E-state index < -0.39 is 6.04 Å². The first-order chi connectivity index (χ1) is 13.9. The number of nitrogens with zero attached hydrogens (tertiary/aromatic N) is 4. The van der Waals surface area contributed by atoms with E-state index in [-0.39, 0.29) is 11.8 Å². The van der Waals surface area contributed by atoms with Crippen LogP contribution in [0.3, 0.4) is 0 Å². The molecule has 156 valence electrons. The zero-order valence-corrected chi connectivity index (χ0v) is 17.8. The van der Waals surface area contributed by atoms with Gasteiger partial charge in [-0.1, -0.05) is 12.1 Å². The lowest BCUT2D eigenvalue weighted by molar-refractivity contribution is -0.126. The minimum Gasteiger partial charge on any atom is -0.372 e. The molecule has 7 nitrogen and oxygen atoms in total. The number of rotatable bonds is 8. The number of aromatic nitrogens is 2. The molecular formula is C22H31N5O2. The molecule has 0 saturated carbocycles. The summed E-state index contributed by atoms with van der Waals surface area (Å²) in [6, 6.07) is 9.76. The van der Waals surface area contributed by atoms with Gasteiger partial charge in [0.1, 0.15) is 11.9 Å². The van der Waals surface area contributed by atoms with Gasteiger partial charge < -0.3 is 10.2 Å². The smallest absolute Gasteiger partial charge is 0.242 e. The lowest BCUT2D eigenvalue weighted by Gasteiger charge is -2.32. The maximum absolute atomic E-state index is 12.7. The van der Waals surface area contributed by atoms with E-state index in [1.807, 2.05) is 17.7 Å². The zero-order valence-electron chi connectivity index (χ0n) is 17.8. The monoisotopic (exact) mass is 397 g/mol. The van der Waals surface area contributed by atoms with Gasteiger partial charge >= 0.3 is 0 Å². The molecule has 0 bridgehead atoms.